The number of aromatic nitrogens is 1. The van der Waals surface area contributed by atoms with Gasteiger partial charge in [0.05, 0.1) is 40.7 Å². The van der Waals surface area contributed by atoms with E-state index in [1.165, 1.54) is 0 Å². The lowest BCUT2D eigenvalue weighted by molar-refractivity contribution is -0.115. The van der Waals surface area contributed by atoms with Crippen molar-refractivity contribution in [3.63, 3.8) is 0 Å². The summed E-state index contributed by atoms with van der Waals surface area (Å²) in [6, 6.07) is 8.58. The van der Waals surface area contributed by atoms with Crippen LogP contribution in [0, 0.1) is 17.8 Å². The number of nitrogens with one attached hydrogen (secondary N) is 1. The molecule has 9 heteroatoms. The number of hydrogen-bond acceptors (Lipinski definition) is 5. The maximum Gasteiger partial charge on any atom is 0.241 e. The molecule has 6 nitrogen and oxygen atoms in total. The van der Waals surface area contributed by atoms with Crippen LogP contribution < -0.4 is 5.32 Å². The summed E-state index contributed by atoms with van der Waals surface area (Å²) in [6.45, 7) is 7.56. The van der Waals surface area contributed by atoms with Crippen LogP contribution in [0.3, 0.4) is 0 Å². The Kier molecular flexibility index (Phi) is 8.63. The maximum absolute atomic E-state index is 13.1. The number of amides is 1. The third kappa shape index (κ3) is 6.55. The van der Waals surface area contributed by atoms with Crippen LogP contribution in [0.1, 0.15) is 69.3 Å². The maximum atomic E-state index is 13.1. The first-order valence-electron chi connectivity index (χ1n) is 13.2. The number of carbonyl (C=O) groups is 1. The van der Waals surface area contributed by atoms with E-state index in [1.54, 1.807) is 37.4 Å². The summed E-state index contributed by atoms with van der Waals surface area (Å²) in [4.78, 5) is 20.1. The number of anilines is 1. The molecule has 1 aliphatic carbocycles. The molecule has 1 saturated carbocycles. The van der Waals surface area contributed by atoms with Gasteiger partial charge >= 0.3 is 0 Å². The predicted octanol–water partition coefficient (Wildman–Crippen LogP) is 5.64. The number of pyridine rings is 1. The monoisotopic (exact) mass is 533 g/mol. The molecule has 1 aromatic carbocycles. The molecule has 1 N–H and O–H groups in total. The van der Waals surface area contributed by atoms with E-state index >= 15 is 0 Å². The zero-order chi connectivity index (χ0) is 26.7. The molecule has 2 aromatic rings. The van der Waals surface area contributed by atoms with Gasteiger partial charge in [-0.15, -0.1) is 0 Å². The van der Waals surface area contributed by atoms with Gasteiger partial charge < -0.3 is 5.32 Å². The summed E-state index contributed by atoms with van der Waals surface area (Å²) < 4.78 is 50.1. The Balaban J connectivity index is 1.38. The third-order valence-electron chi connectivity index (χ3n) is 7.73. The first kappa shape index (κ1) is 27.6. The number of fused-ring (bicyclic) bond motifs is 1. The van der Waals surface area contributed by atoms with Crippen LogP contribution in [0.5, 0.6) is 0 Å². The van der Waals surface area contributed by atoms with Crippen molar-refractivity contribution in [1.82, 2.24) is 9.88 Å². The standard InChI is InChI=1S/C28H37F2N3O3S/c1-4-37(35,36)24-11-7-19(8-12-24)13-25(34)32-23-14-22-17-33(27(18(2)3)26(22)31-15-23)16-20-5-9-21(10-6-20)28(29)30/h7-8,11-12,14-15,18,20-21,27-28H,4-6,9-10,13,16-17H2,1-3H3,(H,32,34)/t20-,21-,27-/m0/s1. The SMILES string of the molecule is CCS(=O)(=O)c1ccc(CC(=O)Nc2cnc3c(c2)CN(C[C@H]2CC[C@H](C(F)F)CC2)[C@H]3C(C)C)cc1. The lowest BCUT2D eigenvalue weighted by atomic mass is 9.81. The summed E-state index contributed by atoms with van der Waals surface area (Å²) in [5.41, 5.74) is 3.49. The Hall–Kier alpha value is -2.39. The number of hydrogen-bond donors (Lipinski definition) is 1. The van der Waals surface area contributed by atoms with Crippen molar-refractivity contribution in [1.29, 1.82) is 0 Å². The van der Waals surface area contributed by atoms with Crippen LogP contribution in [0.2, 0.25) is 0 Å². The van der Waals surface area contributed by atoms with Gasteiger partial charge in [0.1, 0.15) is 0 Å². The molecule has 202 valence electrons. The Labute approximate surface area is 218 Å². The number of halogens is 2. The molecule has 0 saturated heterocycles. The van der Waals surface area contributed by atoms with E-state index in [1.807, 2.05) is 6.07 Å². The first-order valence-corrected chi connectivity index (χ1v) is 14.8. The van der Waals surface area contributed by atoms with Gasteiger partial charge in [-0.1, -0.05) is 32.9 Å². The highest BCUT2D eigenvalue weighted by molar-refractivity contribution is 7.91. The summed E-state index contributed by atoms with van der Waals surface area (Å²) in [6.07, 6.45) is 2.49. The Morgan fingerprint density at radius 1 is 1.14 bits per heavy atom. The first-order chi connectivity index (χ1) is 17.6. The molecule has 0 unspecified atom stereocenters. The zero-order valence-corrected chi connectivity index (χ0v) is 22.6. The van der Waals surface area contributed by atoms with Crippen molar-refractivity contribution >= 4 is 21.4 Å². The normalized spacial score (nSPS) is 22.4. The van der Waals surface area contributed by atoms with E-state index in [0.717, 1.165) is 42.8 Å². The van der Waals surface area contributed by atoms with E-state index in [-0.39, 0.29) is 29.0 Å². The lowest BCUT2D eigenvalue weighted by Gasteiger charge is -2.34. The topological polar surface area (TPSA) is 79.4 Å². The number of carbonyl (C=O) groups excluding carboxylic acids is 1. The molecular weight excluding hydrogens is 496 g/mol. The molecule has 0 radical (unpaired) electrons. The number of sulfone groups is 1. The molecule has 0 bridgehead atoms. The van der Waals surface area contributed by atoms with Gasteiger partial charge in [0.2, 0.25) is 12.3 Å². The van der Waals surface area contributed by atoms with Crippen molar-refractivity contribution in [3.8, 4) is 0 Å². The number of nitrogens with zero attached hydrogens (tertiary/aromatic N) is 2. The van der Waals surface area contributed by atoms with Crippen molar-refractivity contribution < 1.29 is 22.0 Å². The van der Waals surface area contributed by atoms with Gasteiger partial charge in [-0.25, -0.2) is 17.2 Å². The van der Waals surface area contributed by atoms with Crippen molar-refractivity contribution in [3.05, 3.63) is 53.3 Å². The molecule has 0 spiro atoms. The molecule has 1 amide bonds. The summed E-state index contributed by atoms with van der Waals surface area (Å²) >= 11 is 0. The van der Waals surface area contributed by atoms with Crippen LogP contribution in [0.25, 0.3) is 0 Å². The third-order valence-corrected chi connectivity index (χ3v) is 9.48. The smallest absolute Gasteiger partial charge is 0.241 e. The average Bonchev–Trinajstić information content (AvgIpc) is 3.21. The predicted molar refractivity (Wildman–Crippen MR) is 140 cm³/mol. The van der Waals surface area contributed by atoms with Gasteiger partial charge in [-0.2, -0.15) is 0 Å². The minimum Gasteiger partial charge on any atom is -0.324 e. The summed E-state index contributed by atoms with van der Waals surface area (Å²) in [7, 11) is -3.27. The van der Waals surface area contributed by atoms with Gasteiger partial charge in [0.25, 0.3) is 0 Å². The number of alkyl halides is 2. The van der Waals surface area contributed by atoms with E-state index < -0.39 is 22.2 Å². The number of benzene rings is 1. The van der Waals surface area contributed by atoms with Crippen molar-refractivity contribution in [2.75, 3.05) is 17.6 Å². The van der Waals surface area contributed by atoms with Crippen LogP contribution in [-0.4, -0.2) is 42.9 Å². The minimum atomic E-state index is -3.27. The Morgan fingerprint density at radius 3 is 2.41 bits per heavy atom. The van der Waals surface area contributed by atoms with Gasteiger partial charge in [0.15, 0.2) is 9.84 Å². The van der Waals surface area contributed by atoms with Crippen LogP contribution in [0.4, 0.5) is 14.5 Å². The second-order valence-corrected chi connectivity index (χ2v) is 13.1. The van der Waals surface area contributed by atoms with E-state index in [9.17, 15) is 22.0 Å². The van der Waals surface area contributed by atoms with Crippen LogP contribution in [-0.2, 0) is 27.6 Å². The second kappa shape index (κ2) is 11.6. The second-order valence-electron chi connectivity index (χ2n) is 10.8. The van der Waals surface area contributed by atoms with Gasteiger partial charge in [-0.05, 0) is 66.8 Å². The average molecular weight is 534 g/mol. The zero-order valence-electron chi connectivity index (χ0n) is 21.8. The molecule has 1 atom stereocenters. The number of rotatable bonds is 9. The van der Waals surface area contributed by atoms with Crippen LogP contribution >= 0.6 is 0 Å². The molecule has 4 rings (SSSR count). The fourth-order valence-electron chi connectivity index (χ4n) is 5.71. The van der Waals surface area contributed by atoms with Gasteiger partial charge in [-0.3, -0.25) is 14.7 Å². The van der Waals surface area contributed by atoms with E-state index in [0.29, 0.717) is 30.4 Å². The molecule has 2 aliphatic rings. The lowest BCUT2D eigenvalue weighted by Crippen LogP contribution is -2.33. The van der Waals surface area contributed by atoms with Crippen molar-refractivity contribution in [2.45, 2.75) is 76.8 Å². The molecule has 1 fully saturated rings. The summed E-state index contributed by atoms with van der Waals surface area (Å²) in [5.74, 6) is 0.157. The summed E-state index contributed by atoms with van der Waals surface area (Å²) in [5, 5.41) is 2.92. The minimum absolute atomic E-state index is 0.0348. The molecule has 1 aromatic heterocycles. The van der Waals surface area contributed by atoms with Gasteiger partial charge in [0, 0.05) is 19.0 Å². The highest BCUT2D eigenvalue weighted by Gasteiger charge is 2.36. The highest BCUT2D eigenvalue weighted by atomic mass is 32.2. The highest BCUT2D eigenvalue weighted by Crippen LogP contribution is 2.41. The molecular formula is C28H37F2N3O3S. The fourth-order valence-corrected chi connectivity index (χ4v) is 6.60. The molecule has 2 heterocycles. The fraction of sp³-hybridized carbons (Fsp3) is 0.571. The molecule has 37 heavy (non-hydrogen) atoms. The Morgan fingerprint density at radius 2 is 1.81 bits per heavy atom. The van der Waals surface area contributed by atoms with E-state index in [4.69, 9.17) is 4.98 Å². The van der Waals surface area contributed by atoms with E-state index in [2.05, 4.69) is 24.1 Å². The van der Waals surface area contributed by atoms with Crippen LogP contribution in [0.15, 0.2) is 41.4 Å². The van der Waals surface area contributed by atoms with Crippen molar-refractivity contribution in [2.24, 2.45) is 17.8 Å². The largest absolute Gasteiger partial charge is 0.324 e. The molecule has 1 aliphatic heterocycles. The quantitative estimate of drug-likeness (QED) is 0.451. The Bertz CT molecular complexity index is 1190.